The molecule has 7 nitrogen and oxygen atoms in total. The van der Waals surface area contributed by atoms with Crippen LogP contribution in [0.25, 0.3) is 11.3 Å². The maximum Gasteiger partial charge on any atom is 0.335 e. The Labute approximate surface area is 152 Å². The molecule has 0 spiro atoms. The first kappa shape index (κ1) is 18.0. The number of carboxylic acids is 1. The predicted molar refractivity (Wildman–Crippen MR) is 99.3 cm³/mol. The number of anilines is 1. The maximum absolute atomic E-state index is 11.5. The van der Waals surface area contributed by atoms with Gasteiger partial charge in [0.05, 0.1) is 23.1 Å². The molecule has 2 N–H and O–H groups in total. The van der Waals surface area contributed by atoms with E-state index in [0.29, 0.717) is 6.54 Å². The fourth-order valence-electron chi connectivity index (χ4n) is 3.01. The lowest BCUT2D eigenvalue weighted by atomic mass is 10.1. The highest BCUT2D eigenvalue weighted by molar-refractivity contribution is 5.88. The summed E-state index contributed by atoms with van der Waals surface area (Å²) in [6, 6.07) is 10.5. The minimum absolute atomic E-state index is 0.239. The van der Waals surface area contributed by atoms with Gasteiger partial charge in [0.25, 0.3) is 0 Å². The zero-order chi connectivity index (χ0) is 18.5. The smallest absolute Gasteiger partial charge is 0.335 e. The molecule has 26 heavy (non-hydrogen) atoms. The SMILES string of the molecule is CN1CCNCC1CN(C=O)c1ccc(-c2ccc(C(=O)O)cc2)nc1. The van der Waals surface area contributed by atoms with Crippen LogP contribution in [-0.4, -0.2) is 66.6 Å². The molecule has 136 valence electrons. The van der Waals surface area contributed by atoms with Crippen molar-refractivity contribution in [1.29, 1.82) is 0 Å². The number of carbonyl (C=O) groups excluding carboxylic acids is 1. The van der Waals surface area contributed by atoms with Crippen LogP contribution in [-0.2, 0) is 4.79 Å². The third kappa shape index (κ3) is 4.07. The second-order valence-electron chi connectivity index (χ2n) is 6.38. The minimum atomic E-state index is -0.955. The molecule has 1 saturated heterocycles. The number of rotatable bonds is 6. The van der Waals surface area contributed by atoms with Gasteiger partial charge < -0.3 is 15.3 Å². The molecular weight excluding hydrogens is 332 g/mol. The highest BCUT2D eigenvalue weighted by Crippen LogP contribution is 2.21. The molecule has 1 aliphatic heterocycles. The minimum Gasteiger partial charge on any atom is -0.478 e. The van der Waals surface area contributed by atoms with E-state index >= 15 is 0 Å². The van der Waals surface area contributed by atoms with Crippen LogP contribution in [0, 0.1) is 0 Å². The zero-order valence-corrected chi connectivity index (χ0v) is 14.6. The summed E-state index contributed by atoms with van der Waals surface area (Å²) < 4.78 is 0. The van der Waals surface area contributed by atoms with Gasteiger partial charge >= 0.3 is 5.97 Å². The molecule has 3 rings (SSSR count). The van der Waals surface area contributed by atoms with Crippen molar-refractivity contribution in [2.24, 2.45) is 0 Å². The number of aromatic carboxylic acids is 1. The third-order valence-electron chi connectivity index (χ3n) is 4.69. The van der Waals surface area contributed by atoms with Crippen LogP contribution >= 0.6 is 0 Å². The Kier molecular flexibility index (Phi) is 5.60. The van der Waals surface area contributed by atoms with Crippen LogP contribution in [0.5, 0.6) is 0 Å². The number of nitrogens with one attached hydrogen (secondary N) is 1. The molecule has 1 aliphatic rings. The van der Waals surface area contributed by atoms with Crippen LogP contribution in [0.3, 0.4) is 0 Å². The summed E-state index contributed by atoms with van der Waals surface area (Å²) in [6.07, 6.45) is 2.51. The molecule has 1 unspecified atom stereocenters. The molecule has 1 aromatic carbocycles. The van der Waals surface area contributed by atoms with Gasteiger partial charge in [-0.25, -0.2) is 4.79 Å². The fourth-order valence-corrected chi connectivity index (χ4v) is 3.01. The third-order valence-corrected chi connectivity index (χ3v) is 4.69. The van der Waals surface area contributed by atoms with E-state index in [2.05, 4.69) is 22.2 Å². The number of carbonyl (C=O) groups is 2. The van der Waals surface area contributed by atoms with Crippen molar-refractivity contribution in [3.05, 3.63) is 48.2 Å². The molecule has 2 heterocycles. The topological polar surface area (TPSA) is 85.8 Å². The predicted octanol–water partition coefficient (Wildman–Crippen LogP) is 1.31. The number of pyridine rings is 1. The number of piperazine rings is 1. The lowest BCUT2D eigenvalue weighted by Crippen LogP contribution is -2.54. The molecule has 0 saturated carbocycles. The number of hydrogen-bond donors (Lipinski definition) is 2. The quantitative estimate of drug-likeness (QED) is 0.761. The first-order chi connectivity index (χ1) is 12.6. The molecule has 1 fully saturated rings. The van der Waals surface area contributed by atoms with E-state index in [0.717, 1.165) is 43.0 Å². The molecular formula is C19H22N4O3. The number of aromatic nitrogens is 1. The largest absolute Gasteiger partial charge is 0.478 e. The average Bonchev–Trinajstić information content (AvgIpc) is 2.68. The van der Waals surface area contributed by atoms with E-state index in [-0.39, 0.29) is 11.6 Å². The van der Waals surface area contributed by atoms with E-state index in [1.807, 2.05) is 12.1 Å². The first-order valence-electron chi connectivity index (χ1n) is 8.51. The van der Waals surface area contributed by atoms with E-state index < -0.39 is 5.97 Å². The Morgan fingerprint density at radius 1 is 1.35 bits per heavy atom. The second kappa shape index (κ2) is 8.07. The van der Waals surface area contributed by atoms with E-state index in [4.69, 9.17) is 5.11 Å². The molecule has 1 amide bonds. The summed E-state index contributed by atoms with van der Waals surface area (Å²) >= 11 is 0. The number of benzene rings is 1. The molecule has 1 aromatic heterocycles. The normalized spacial score (nSPS) is 17.7. The van der Waals surface area contributed by atoms with Crippen molar-refractivity contribution < 1.29 is 14.7 Å². The van der Waals surface area contributed by atoms with Gasteiger partial charge in [0.15, 0.2) is 0 Å². The Balaban J connectivity index is 1.72. The van der Waals surface area contributed by atoms with Gasteiger partial charge in [0, 0.05) is 37.8 Å². The van der Waals surface area contributed by atoms with Gasteiger partial charge in [-0.05, 0) is 31.3 Å². The highest BCUT2D eigenvalue weighted by Gasteiger charge is 2.21. The number of nitrogens with zero attached hydrogens (tertiary/aromatic N) is 3. The van der Waals surface area contributed by atoms with Crippen molar-refractivity contribution in [3.8, 4) is 11.3 Å². The zero-order valence-electron chi connectivity index (χ0n) is 14.6. The summed E-state index contributed by atoms with van der Waals surface area (Å²) in [5.74, 6) is -0.955. The summed E-state index contributed by atoms with van der Waals surface area (Å²) in [5, 5.41) is 12.3. The van der Waals surface area contributed by atoms with Gasteiger partial charge in [-0.3, -0.25) is 14.7 Å². The lowest BCUT2D eigenvalue weighted by molar-refractivity contribution is -0.107. The number of likely N-dealkylation sites (N-methyl/N-ethyl adjacent to an activating group) is 1. The van der Waals surface area contributed by atoms with Gasteiger partial charge in [0.1, 0.15) is 0 Å². The second-order valence-corrected chi connectivity index (χ2v) is 6.38. The van der Waals surface area contributed by atoms with Gasteiger partial charge in [-0.1, -0.05) is 12.1 Å². The molecule has 0 radical (unpaired) electrons. The average molecular weight is 354 g/mol. The van der Waals surface area contributed by atoms with Gasteiger partial charge in [0.2, 0.25) is 6.41 Å². The van der Waals surface area contributed by atoms with Crippen molar-refractivity contribution in [2.45, 2.75) is 6.04 Å². The number of carboxylic acid groups (broad SMARTS) is 1. The monoisotopic (exact) mass is 354 g/mol. The fraction of sp³-hybridized carbons (Fsp3) is 0.316. The van der Waals surface area contributed by atoms with Crippen molar-refractivity contribution in [2.75, 3.05) is 38.1 Å². The van der Waals surface area contributed by atoms with Crippen LogP contribution in [0.15, 0.2) is 42.6 Å². The van der Waals surface area contributed by atoms with Gasteiger partial charge in [-0.2, -0.15) is 0 Å². The van der Waals surface area contributed by atoms with Crippen molar-refractivity contribution >= 4 is 18.1 Å². The van der Waals surface area contributed by atoms with E-state index in [1.165, 1.54) is 0 Å². The Hall–Kier alpha value is -2.77. The molecule has 0 bridgehead atoms. The molecule has 7 heteroatoms. The van der Waals surface area contributed by atoms with Crippen LogP contribution in [0.1, 0.15) is 10.4 Å². The van der Waals surface area contributed by atoms with Gasteiger partial charge in [-0.15, -0.1) is 0 Å². The number of hydrogen-bond acceptors (Lipinski definition) is 5. The van der Waals surface area contributed by atoms with Crippen molar-refractivity contribution in [3.63, 3.8) is 0 Å². The summed E-state index contributed by atoms with van der Waals surface area (Å²) in [5.41, 5.74) is 2.54. The summed E-state index contributed by atoms with van der Waals surface area (Å²) in [7, 11) is 2.07. The van der Waals surface area contributed by atoms with E-state index in [1.54, 1.807) is 35.4 Å². The van der Waals surface area contributed by atoms with Crippen molar-refractivity contribution in [1.82, 2.24) is 15.2 Å². The van der Waals surface area contributed by atoms with E-state index in [9.17, 15) is 9.59 Å². The van der Waals surface area contributed by atoms with Crippen LogP contribution < -0.4 is 10.2 Å². The Morgan fingerprint density at radius 3 is 2.69 bits per heavy atom. The molecule has 2 aromatic rings. The highest BCUT2D eigenvalue weighted by atomic mass is 16.4. The Bertz CT molecular complexity index is 761. The Morgan fingerprint density at radius 2 is 2.12 bits per heavy atom. The lowest BCUT2D eigenvalue weighted by Gasteiger charge is -2.35. The summed E-state index contributed by atoms with van der Waals surface area (Å²) in [6.45, 7) is 3.37. The van der Waals surface area contributed by atoms with Crippen LogP contribution in [0.2, 0.25) is 0 Å². The van der Waals surface area contributed by atoms with Crippen LogP contribution in [0.4, 0.5) is 5.69 Å². The first-order valence-corrected chi connectivity index (χ1v) is 8.51. The maximum atomic E-state index is 11.5. The molecule has 1 atom stereocenters. The summed E-state index contributed by atoms with van der Waals surface area (Å²) in [4.78, 5) is 30.8. The number of amides is 1. The molecule has 0 aliphatic carbocycles. The standard InChI is InChI=1S/C19H22N4O3/c1-22-9-8-20-10-17(22)12-23(13-24)16-6-7-18(21-11-16)14-2-4-15(5-3-14)19(25)26/h2-7,11,13,17,20H,8-10,12H2,1H3,(H,25,26).